The Morgan fingerprint density at radius 3 is 2.63 bits per heavy atom. The standard InChI is InChI=1S/C28H38N4O2Si/c1-20(2)24-9-8-22(26(31-24)21-10-12-28(3,4)13-11-21)16-25(33)27-30-23(17-29)18-32(27)19-34-14-15-35(5,6)7/h8-10,18H,1,11-16,19H2,2-7H3. The van der Waals surface area contributed by atoms with Crippen molar-refractivity contribution in [2.75, 3.05) is 6.61 Å². The van der Waals surface area contributed by atoms with E-state index in [1.807, 2.05) is 25.1 Å². The lowest BCUT2D eigenvalue weighted by atomic mass is 9.77. The summed E-state index contributed by atoms with van der Waals surface area (Å²) in [6.45, 7) is 18.3. The summed E-state index contributed by atoms with van der Waals surface area (Å²) in [7, 11) is -1.22. The highest BCUT2D eigenvalue weighted by molar-refractivity contribution is 6.76. The Kier molecular flexibility index (Phi) is 8.29. The fraction of sp³-hybridized carbons (Fsp3) is 0.500. The van der Waals surface area contributed by atoms with Gasteiger partial charge in [-0.1, -0.05) is 52.2 Å². The number of pyridine rings is 1. The summed E-state index contributed by atoms with van der Waals surface area (Å²) >= 11 is 0. The average Bonchev–Trinajstić information content (AvgIpc) is 3.20. The number of rotatable bonds is 10. The number of ketones is 1. The Balaban J connectivity index is 1.86. The van der Waals surface area contributed by atoms with E-state index in [4.69, 9.17) is 9.72 Å². The zero-order valence-electron chi connectivity index (χ0n) is 22.1. The van der Waals surface area contributed by atoms with Gasteiger partial charge in [0.15, 0.2) is 11.5 Å². The molecule has 0 saturated heterocycles. The Morgan fingerprint density at radius 2 is 2.03 bits per heavy atom. The summed E-state index contributed by atoms with van der Waals surface area (Å²) < 4.78 is 7.50. The number of hydrogen-bond acceptors (Lipinski definition) is 5. The van der Waals surface area contributed by atoms with Gasteiger partial charge in [0, 0.05) is 27.3 Å². The molecule has 3 rings (SSSR count). The summed E-state index contributed by atoms with van der Waals surface area (Å²) in [4.78, 5) is 22.6. The number of hydrogen-bond donors (Lipinski definition) is 0. The van der Waals surface area contributed by atoms with E-state index in [9.17, 15) is 10.1 Å². The molecule has 2 heterocycles. The molecule has 0 N–H and O–H groups in total. The molecular formula is C28H38N4O2Si. The van der Waals surface area contributed by atoms with Gasteiger partial charge in [-0.2, -0.15) is 5.26 Å². The number of Topliss-reactive ketones (excluding diaryl/α,β-unsaturated/α-hetero) is 1. The van der Waals surface area contributed by atoms with Gasteiger partial charge in [0.1, 0.15) is 12.8 Å². The molecule has 0 saturated carbocycles. The van der Waals surface area contributed by atoms with Crippen LogP contribution in [-0.4, -0.2) is 35.0 Å². The molecule has 0 radical (unpaired) electrons. The number of imidazole rings is 1. The maximum Gasteiger partial charge on any atom is 0.202 e. The molecule has 0 atom stereocenters. The minimum atomic E-state index is -1.22. The summed E-state index contributed by atoms with van der Waals surface area (Å²) in [6, 6.07) is 6.99. The van der Waals surface area contributed by atoms with Gasteiger partial charge in [-0.25, -0.2) is 9.97 Å². The van der Waals surface area contributed by atoms with Crippen LogP contribution in [0.5, 0.6) is 0 Å². The van der Waals surface area contributed by atoms with Crippen LogP contribution in [0.3, 0.4) is 0 Å². The summed E-state index contributed by atoms with van der Waals surface area (Å²) in [5.74, 6) is 0.103. The van der Waals surface area contributed by atoms with Gasteiger partial charge in [0.25, 0.3) is 0 Å². The summed E-state index contributed by atoms with van der Waals surface area (Å²) in [5, 5.41) is 9.37. The first-order valence-electron chi connectivity index (χ1n) is 12.3. The van der Waals surface area contributed by atoms with Crippen LogP contribution in [0.4, 0.5) is 0 Å². The number of nitriles is 1. The molecule has 0 bridgehead atoms. The molecule has 0 spiro atoms. The third-order valence-electron chi connectivity index (χ3n) is 6.41. The lowest BCUT2D eigenvalue weighted by Crippen LogP contribution is -2.22. The topological polar surface area (TPSA) is 80.8 Å². The van der Waals surface area contributed by atoms with Crippen molar-refractivity contribution in [1.29, 1.82) is 5.26 Å². The molecule has 0 aromatic carbocycles. The first-order chi connectivity index (χ1) is 16.4. The molecule has 186 valence electrons. The van der Waals surface area contributed by atoms with Gasteiger partial charge >= 0.3 is 0 Å². The predicted octanol–water partition coefficient (Wildman–Crippen LogP) is 6.51. The molecule has 1 aliphatic rings. The highest BCUT2D eigenvalue weighted by atomic mass is 28.3. The van der Waals surface area contributed by atoms with Gasteiger partial charge < -0.3 is 9.30 Å². The van der Waals surface area contributed by atoms with E-state index in [1.54, 1.807) is 10.8 Å². The molecular weight excluding hydrogens is 452 g/mol. The van der Waals surface area contributed by atoms with Crippen LogP contribution in [0.25, 0.3) is 11.1 Å². The number of carbonyl (C=O) groups excluding carboxylic acids is 1. The summed E-state index contributed by atoms with van der Waals surface area (Å²) in [6.07, 6.45) is 7.02. The van der Waals surface area contributed by atoms with Crippen molar-refractivity contribution in [2.24, 2.45) is 5.41 Å². The van der Waals surface area contributed by atoms with Gasteiger partial charge in [-0.15, -0.1) is 0 Å². The molecule has 6 nitrogen and oxygen atoms in total. The highest BCUT2D eigenvalue weighted by Gasteiger charge is 2.25. The van der Waals surface area contributed by atoms with Crippen molar-refractivity contribution < 1.29 is 9.53 Å². The molecule has 2 aromatic rings. The lowest BCUT2D eigenvalue weighted by molar-refractivity contribution is 0.0799. The van der Waals surface area contributed by atoms with Crippen molar-refractivity contribution in [2.45, 2.75) is 78.9 Å². The predicted molar refractivity (Wildman–Crippen MR) is 144 cm³/mol. The second-order valence-electron chi connectivity index (χ2n) is 11.6. The smallest absolute Gasteiger partial charge is 0.202 e. The van der Waals surface area contributed by atoms with Crippen molar-refractivity contribution in [3.05, 3.63) is 59.5 Å². The number of nitrogens with zero attached hydrogens (tertiary/aromatic N) is 4. The molecule has 35 heavy (non-hydrogen) atoms. The minimum Gasteiger partial charge on any atom is -0.361 e. The van der Waals surface area contributed by atoms with Gasteiger partial charge in [0.2, 0.25) is 5.78 Å². The number of aromatic nitrogens is 3. The quantitative estimate of drug-likeness (QED) is 0.215. The number of carbonyl (C=O) groups is 1. The SMILES string of the molecule is C=C(C)c1ccc(CC(=O)c2nc(C#N)cn2COCC[Si](C)(C)C)c(C2=CCC(C)(C)CC2)n1. The highest BCUT2D eigenvalue weighted by Crippen LogP contribution is 2.38. The van der Waals surface area contributed by atoms with Crippen LogP contribution in [-0.2, 0) is 17.9 Å². The van der Waals surface area contributed by atoms with Gasteiger partial charge in [0.05, 0.1) is 11.4 Å². The molecule has 1 aliphatic carbocycles. The van der Waals surface area contributed by atoms with Crippen LogP contribution in [0.2, 0.25) is 25.7 Å². The van der Waals surface area contributed by atoms with E-state index >= 15 is 0 Å². The number of allylic oxidation sites excluding steroid dienone is 3. The van der Waals surface area contributed by atoms with Gasteiger partial charge in [-0.05, 0) is 60.4 Å². The minimum absolute atomic E-state index is 0.150. The van der Waals surface area contributed by atoms with E-state index in [-0.39, 0.29) is 35.9 Å². The van der Waals surface area contributed by atoms with Crippen LogP contribution in [0.1, 0.15) is 73.3 Å². The second kappa shape index (κ2) is 10.8. The molecule has 7 heteroatoms. The van der Waals surface area contributed by atoms with Gasteiger partial charge in [-0.3, -0.25) is 4.79 Å². The maximum atomic E-state index is 13.4. The normalized spacial score (nSPS) is 15.4. The van der Waals surface area contributed by atoms with Crippen LogP contribution >= 0.6 is 0 Å². The second-order valence-corrected chi connectivity index (χ2v) is 17.2. The van der Waals surface area contributed by atoms with Crippen LogP contribution in [0.15, 0.2) is 31.0 Å². The van der Waals surface area contributed by atoms with Crippen molar-refractivity contribution >= 4 is 25.0 Å². The lowest BCUT2D eigenvalue weighted by Gasteiger charge is -2.29. The van der Waals surface area contributed by atoms with E-state index in [0.717, 1.165) is 47.8 Å². The third kappa shape index (κ3) is 7.33. The van der Waals surface area contributed by atoms with E-state index in [2.05, 4.69) is 51.1 Å². The number of ether oxygens (including phenoxy) is 1. The zero-order chi connectivity index (χ0) is 25.8. The Hall–Kier alpha value is -2.82. The Bertz CT molecular complexity index is 1180. The third-order valence-corrected chi connectivity index (χ3v) is 8.11. The first kappa shape index (κ1) is 26.8. The summed E-state index contributed by atoms with van der Waals surface area (Å²) in [5.41, 5.74) is 5.16. The Morgan fingerprint density at radius 1 is 1.29 bits per heavy atom. The fourth-order valence-corrected chi connectivity index (χ4v) is 4.78. The molecule has 0 fully saturated rings. The van der Waals surface area contributed by atoms with E-state index < -0.39 is 8.07 Å². The van der Waals surface area contributed by atoms with E-state index in [1.165, 1.54) is 5.57 Å². The molecule has 0 unspecified atom stereocenters. The largest absolute Gasteiger partial charge is 0.361 e. The Labute approximate surface area is 210 Å². The molecule has 0 amide bonds. The first-order valence-corrected chi connectivity index (χ1v) is 16.0. The zero-order valence-corrected chi connectivity index (χ0v) is 23.1. The monoisotopic (exact) mass is 490 g/mol. The van der Waals surface area contributed by atoms with Crippen molar-refractivity contribution in [3.63, 3.8) is 0 Å². The van der Waals surface area contributed by atoms with Crippen molar-refractivity contribution in [1.82, 2.24) is 14.5 Å². The van der Waals surface area contributed by atoms with Crippen LogP contribution < -0.4 is 0 Å². The maximum absolute atomic E-state index is 13.4. The molecule has 2 aromatic heterocycles. The van der Waals surface area contributed by atoms with E-state index in [0.29, 0.717) is 6.61 Å². The van der Waals surface area contributed by atoms with Crippen molar-refractivity contribution in [3.8, 4) is 6.07 Å². The van der Waals surface area contributed by atoms with Crippen LogP contribution in [0, 0.1) is 16.7 Å². The average molecular weight is 491 g/mol. The molecule has 0 aliphatic heterocycles. The fourth-order valence-electron chi connectivity index (χ4n) is 4.02.